The number of nitrogens with one attached hydrogen (secondary N) is 1. The lowest BCUT2D eigenvalue weighted by atomic mass is 9.33. The highest BCUT2D eigenvalue weighted by Gasteiger charge is 2.68. The third-order valence-corrected chi connectivity index (χ3v) is 15.6. The largest absolute Gasteiger partial charge is 0.481 e. The number of hydrogen-bond donors (Lipinski definition) is 3. The van der Waals surface area contributed by atoms with Gasteiger partial charge >= 0.3 is 5.97 Å². The fourth-order valence-electron chi connectivity index (χ4n) is 13.3. The summed E-state index contributed by atoms with van der Waals surface area (Å²) in [5, 5.41) is 18.5. The number of nitrogen functional groups attached to an aromatic ring is 1. The van der Waals surface area contributed by atoms with Gasteiger partial charge in [-0.2, -0.15) is 5.10 Å². The standard InChI is InChI=1S/C40H58N4O4/c1-36(2)18-27-25(28(19-36)35(45)46)8-10-40(7)32(27)26(23-16-24(48-22-23)21-44-12-14-47-15-13-44)17-31-38(5)20-29-33(42-43-34(29)41)37(3,4)30(38)9-11-39(31,40)6/h16,22,25,27-28,30-31H,8-15,17-21H2,1-7H3,(H,45,46)(H3,41,42,43)/t25?,27?,28-,30?,31?,38?,39?,40?/m1/s1. The second-order valence-electron chi connectivity index (χ2n) is 18.9. The molecule has 0 spiro atoms. The molecular weight excluding hydrogens is 600 g/mol. The Morgan fingerprint density at radius 2 is 1.81 bits per heavy atom. The molecule has 2 aromatic heterocycles. The molecule has 8 nitrogen and oxygen atoms in total. The summed E-state index contributed by atoms with van der Waals surface area (Å²) in [6.45, 7) is 21.4. The van der Waals surface area contributed by atoms with Crippen LogP contribution < -0.4 is 5.73 Å². The van der Waals surface area contributed by atoms with Gasteiger partial charge in [0.2, 0.25) is 0 Å². The SMILES string of the molecule is CC1(C)CC2C3=C(c4coc(CN5CCOCC5)c4)CC4C5(C)Cc6c(N)n[nH]c6C(C)(C)C5CCC4(C)C3(C)CCC2[C@H](C(=O)O)C1. The molecule has 8 atom stereocenters. The number of H-pyrrole nitrogens is 1. The number of allylic oxidation sites excluding steroid dienone is 2. The zero-order valence-electron chi connectivity index (χ0n) is 30.4. The number of aromatic nitrogens is 2. The van der Waals surface area contributed by atoms with E-state index in [4.69, 9.17) is 14.9 Å². The van der Waals surface area contributed by atoms with Crippen molar-refractivity contribution in [3.05, 3.63) is 40.5 Å². The van der Waals surface area contributed by atoms with E-state index in [0.29, 0.717) is 17.7 Å². The number of aliphatic carboxylic acids is 1. The number of hydrogen-bond acceptors (Lipinski definition) is 6. The van der Waals surface area contributed by atoms with E-state index in [-0.39, 0.29) is 44.8 Å². The first-order chi connectivity index (χ1) is 22.6. The van der Waals surface area contributed by atoms with Crippen LogP contribution in [0, 0.1) is 51.2 Å². The van der Waals surface area contributed by atoms with Crippen molar-refractivity contribution in [3.8, 4) is 0 Å². The first kappa shape index (κ1) is 32.6. The van der Waals surface area contributed by atoms with Gasteiger partial charge in [0.05, 0.1) is 31.9 Å². The lowest BCUT2D eigenvalue weighted by molar-refractivity contribution is -0.161. The van der Waals surface area contributed by atoms with E-state index in [0.717, 1.165) is 77.1 Å². The Bertz CT molecular complexity index is 1650. The van der Waals surface area contributed by atoms with Crippen LogP contribution in [-0.4, -0.2) is 52.5 Å². The highest BCUT2D eigenvalue weighted by molar-refractivity contribution is 5.75. The predicted octanol–water partition coefficient (Wildman–Crippen LogP) is 7.70. The van der Waals surface area contributed by atoms with Gasteiger partial charge in [-0.15, -0.1) is 0 Å². The molecule has 0 amide bonds. The van der Waals surface area contributed by atoms with Gasteiger partial charge in [0.15, 0.2) is 0 Å². The summed E-state index contributed by atoms with van der Waals surface area (Å²) in [5.41, 5.74) is 13.3. The molecule has 0 bridgehead atoms. The van der Waals surface area contributed by atoms with Crippen LogP contribution in [0.25, 0.3) is 5.57 Å². The molecule has 4 N–H and O–H groups in total. The van der Waals surface area contributed by atoms with Crippen molar-refractivity contribution in [3.63, 3.8) is 0 Å². The molecule has 262 valence electrons. The van der Waals surface area contributed by atoms with Crippen LogP contribution in [0.3, 0.4) is 0 Å². The van der Waals surface area contributed by atoms with Crippen molar-refractivity contribution in [1.82, 2.24) is 15.1 Å². The molecule has 8 heteroatoms. The van der Waals surface area contributed by atoms with E-state index < -0.39 is 5.97 Å². The van der Waals surface area contributed by atoms with Crippen molar-refractivity contribution < 1.29 is 19.1 Å². The number of nitrogens with zero attached hydrogens (tertiary/aromatic N) is 2. The smallest absolute Gasteiger partial charge is 0.306 e. The maximum atomic E-state index is 12.9. The first-order valence-electron chi connectivity index (χ1n) is 18.8. The van der Waals surface area contributed by atoms with E-state index in [9.17, 15) is 9.90 Å². The highest BCUT2D eigenvalue weighted by atomic mass is 16.5. The number of carboxylic acid groups (broad SMARTS) is 1. The Kier molecular flexibility index (Phi) is 7.28. The Labute approximate surface area is 286 Å². The van der Waals surface area contributed by atoms with Gasteiger partial charge in [-0.3, -0.25) is 14.8 Å². The van der Waals surface area contributed by atoms with Gasteiger partial charge in [0, 0.05) is 35.3 Å². The van der Waals surface area contributed by atoms with Crippen molar-refractivity contribution in [2.24, 2.45) is 51.2 Å². The molecular formula is C40H58N4O4. The van der Waals surface area contributed by atoms with E-state index in [2.05, 4.69) is 69.6 Å². The van der Waals surface area contributed by atoms with Crippen LogP contribution in [0.1, 0.15) is 116 Å². The van der Waals surface area contributed by atoms with Gasteiger partial charge < -0.3 is 20.0 Å². The summed E-state index contributed by atoms with van der Waals surface area (Å²) < 4.78 is 12.0. The first-order valence-corrected chi connectivity index (χ1v) is 18.8. The van der Waals surface area contributed by atoms with Crippen LogP contribution >= 0.6 is 0 Å². The fraction of sp³-hybridized carbons (Fsp3) is 0.750. The number of anilines is 1. The maximum Gasteiger partial charge on any atom is 0.306 e. The Balaban J connectivity index is 1.29. The van der Waals surface area contributed by atoms with Crippen LogP contribution in [0.5, 0.6) is 0 Å². The number of ether oxygens (including phenoxy) is 1. The van der Waals surface area contributed by atoms with Crippen molar-refractivity contribution >= 4 is 17.4 Å². The quantitative estimate of drug-likeness (QED) is 0.308. The van der Waals surface area contributed by atoms with Crippen LogP contribution in [-0.2, 0) is 27.9 Å². The lowest BCUT2D eigenvalue weighted by Crippen LogP contribution is -2.64. The number of carboxylic acids is 1. The molecule has 5 aliphatic carbocycles. The molecule has 2 aromatic rings. The second-order valence-corrected chi connectivity index (χ2v) is 18.9. The normalized spacial score (nSPS) is 40.3. The van der Waals surface area contributed by atoms with E-state index >= 15 is 0 Å². The van der Waals surface area contributed by atoms with E-state index in [1.807, 2.05) is 6.26 Å². The Morgan fingerprint density at radius 1 is 1.06 bits per heavy atom. The van der Waals surface area contributed by atoms with Gasteiger partial charge in [0.1, 0.15) is 11.6 Å². The molecule has 48 heavy (non-hydrogen) atoms. The Morgan fingerprint density at radius 3 is 2.54 bits per heavy atom. The van der Waals surface area contributed by atoms with Crippen molar-refractivity contribution in [2.45, 2.75) is 112 Å². The summed E-state index contributed by atoms with van der Waals surface area (Å²) in [6, 6.07) is 2.33. The fourth-order valence-corrected chi connectivity index (χ4v) is 13.3. The average molecular weight is 659 g/mol. The number of rotatable bonds is 4. The zero-order chi connectivity index (χ0) is 34.0. The number of carbonyl (C=O) groups is 1. The summed E-state index contributed by atoms with van der Waals surface area (Å²) >= 11 is 0. The number of furan rings is 1. The zero-order valence-corrected chi connectivity index (χ0v) is 30.4. The minimum atomic E-state index is -0.606. The second kappa shape index (κ2) is 10.7. The van der Waals surface area contributed by atoms with Crippen LogP contribution in [0.4, 0.5) is 5.82 Å². The van der Waals surface area contributed by atoms with Crippen LogP contribution in [0.2, 0.25) is 0 Å². The summed E-state index contributed by atoms with van der Waals surface area (Å²) in [5.74, 6) is 2.17. The van der Waals surface area contributed by atoms with Gasteiger partial charge in [-0.1, -0.05) is 54.0 Å². The molecule has 6 aliphatic rings. The van der Waals surface area contributed by atoms with Gasteiger partial charge in [0.25, 0.3) is 0 Å². The molecule has 4 fully saturated rings. The minimum Gasteiger partial charge on any atom is -0.481 e. The van der Waals surface area contributed by atoms with Crippen molar-refractivity contribution in [2.75, 3.05) is 32.0 Å². The third kappa shape index (κ3) is 4.52. The highest BCUT2D eigenvalue weighted by Crippen LogP contribution is 2.76. The number of morpholine rings is 1. The molecule has 0 aromatic carbocycles. The van der Waals surface area contributed by atoms with Gasteiger partial charge in [-0.25, -0.2) is 0 Å². The summed E-state index contributed by atoms with van der Waals surface area (Å²) in [4.78, 5) is 15.3. The number of nitrogens with two attached hydrogens (primary N) is 1. The minimum absolute atomic E-state index is 0.0253. The topological polar surface area (TPSA) is 118 Å². The third-order valence-electron chi connectivity index (χ3n) is 15.6. The Hall–Kier alpha value is -2.58. The van der Waals surface area contributed by atoms with Crippen LogP contribution in [0.15, 0.2) is 22.3 Å². The molecule has 3 saturated carbocycles. The monoisotopic (exact) mass is 658 g/mol. The molecule has 1 saturated heterocycles. The maximum absolute atomic E-state index is 12.9. The number of fused-ring (bicyclic) bond motifs is 8. The van der Waals surface area contributed by atoms with E-state index in [1.54, 1.807) is 5.57 Å². The van der Waals surface area contributed by atoms with Gasteiger partial charge in [-0.05, 0) is 108 Å². The predicted molar refractivity (Wildman–Crippen MR) is 187 cm³/mol. The molecule has 1 aliphatic heterocycles. The molecule has 0 radical (unpaired) electrons. The number of aromatic amines is 1. The summed E-state index contributed by atoms with van der Waals surface area (Å²) in [7, 11) is 0. The van der Waals surface area contributed by atoms with Crippen molar-refractivity contribution in [1.29, 1.82) is 0 Å². The molecule has 7 unspecified atom stereocenters. The average Bonchev–Trinajstić information content (AvgIpc) is 3.63. The van der Waals surface area contributed by atoms with E-state index in [1.165, 1.54) is 35.2 Å². The lowest BCUT2D eigenvalue weighted by Gasteiger charge is -2.70. The summed E-state index contributed by atoms with van der Waals surface area (Å²) in [6.07, 6.45) is 10.2. The molecule has 8 rings (SSSR count). The molecule has 3 heterocycles.